The van der Waals surface area contributed by atoms with E-state index < -0.39 is 0 Å². The summed E-state index contributed by atoms with van der Waals surface area (Å²) in [5.74, 6) is 1.28. The molecule has 3 heteroatoms. The Balaban J connectivity index is 1.86. The van der Waals surface area contributed by atoms with Crippen LogP contribution in [-0.4, -0.2) is 17.3 Å². The Morgan fingerprint density at radius 3 is 2.67 bits per heavy atom. The van der Waals surface area contributed by atoms with Crippen molar-refractivity contribution in [1.82, 2.24) is 5.32 Å². The molecule has 0 radical (unpaired) electrons. The van der Waals surface area contributed by atoms with E-state index in [9.17, 15) is 4.79 Å². The molecule has 2 nitrogen and oxygen atoms in total. The highest BCUT2D eigenvalue weighted by atomic mass is 79.9. The van der Waals surface area contributed by atoms with Crippen molar-refractivity contribution in [3.05, 3.63) is 35.9 Å². The van der Waals surface area contributed by atoms with Gasteiger partial charge in [-0.2, -0.15) is 0 Å². The third-order valence-corrected chi connectivity index (χ3v) is 4.84. The van der Waals surface area contributed by atoms with Crippen molar-refractivity contribution in [3.63, 3.8) is 0 Å². The standard InChI is InChI=1S/C15H20BrNO/c1-10(9-16)11(2)17-15(18)14-8-13(14)12-6-4-3-5-7-12/h3-7,10-11,13-14H,8-9H2,1-2H3,(H,17,18). The molecular formula is C15H20BrNO. The number of carbonyl (C=O) groups is 1. The molecule has 1 aliphatic rings. The van der Waals surface area contributed by atoms with Crippen LogP contribution in [-0.2, 0) is 4.79 Å². The number of benzene rings is 1. The summed E-state index contributed by atoms with van der Waals surface area (Å²) in [6, 6.07) is 10.6. The molecule has 1 aromatic rings. The van der Waals surface area contributed by atoms with Crippen LogP contribution < -0.4 is 5.32 Å². The van der Waals surface area contributed by atoms with Gasteiger partial charge in [-0.25, -0.2) is 0 Å². The van der Waals surface area contributed by atoms with E-state index >= 15 is 0 Å². The normalized spacial score (nSPS) is 25.3. The first-order valence-electron chi connectivity index (χ1n) is 6.54. The van der Waals surface area contributed by atoms with E-state index in [-0.39, 0.29) is 17.9 Å². The minimum Gasteiger partial charge on any atom is -0.353 e. The lowest BCUT2D eigenvalue weighted by Crippen LogP contribution is -2.38. The van der Waals surface area contributed by atoms with Crippen LogP contribution in [0.4, 0.5) is 0 Å². The van der Waals surface area contributed by atoms with Crippen molar-refractivity contribution in [2.75, 3.05) is 5.33 Å². The molecule has 1 fully saturated rings. The van der Waals surface area contributed by atoms with Crippen LogP contribution in [0.25, 0.3) is 0 Å². The van der Waals surface area contributed by atoms with E-state index in [4.69, 9.17) is 0 Å². The second-order valence-corrected chi connectivity index (χ2v) is 5.94. The first-order chi connectivity index (χ1) is 8.63. The largest absolute Gasteiger partial charge is 0.353 e. The van der Waals surface area contributed by atoms with Crippen LogP contribution in [0, 0.1) is 11.8 Å². The van der Waals surface area contributed by atoms with Gasteiger partial charge in [0, 0.05) is 17.3 Å². The molecule has 18 heavy (non-hydrogen) atoms. The Bertz CT molecular complexity index is 406. The van der Waals surface area contributed by atoms with Gasteiger partial charge in [-0.05, 0) is 30.7 Å². The van der Waals surface area contributed by atoms with E-state index in [0.717, 1.165) is 11.8 Å². The van der Waals surface area contributed by atoms with Crippen LogP contribution in [0.5, 0.6) is 0 Å². The maximum absolute atomic E-state index is 12.1. The molecule has 98 valence electrons. The van der Waals surface area contributed by atoms with Crippen LogP contribution in [0.15, 0.2) is 30.3 Å². The first kappa shape index (κ1) is 13.6. The Hall–Kier alpha value is -0.830. The molecule has 4 atom stereocenters. The van der Waals surface area contributed by atoms with Gasteiger partial charge in [-0.1, -0.05) is 53.2 Å². The second kappa shape index (κ2) is 5.87. The third kappa shape index (κ3) is 3.14. The minimum absolute atomic E-state index is 0.178. The van der Waals surface area contributed by atoms with Crippen LogP contribution in [0.1, 0.15) is 31.7 Å². The molecule has 0 saturated heterocycles. The highest BCUT2D eigenvalue weighted by molar-refractivity contribution is 9.09. The zero-order valence-electron chi connectivity index (χ0n) is 10.9. The summed E-state index contributed by atoms with van der Waals surface area (Å²) in [5, 5.41) is 4.04. The van der Waals surface area contributed by atoms with Gasteiger partial charge in [-0.15, -0.1) is 0 Å². The SMILES string of the molecule is CC(CBr)C(C)NC(=O)C1CC1c1ccccc1. The lowest BCUT2D eigenvalue weighted by molar-refractivity contribution is -0.123. The summed E-state index contributed by atoms with van der Waals surface area (Å²) < 4.78 is 0. The Kier molecular flexibility index (Phi) is 4.44. The number of halogens is 1. The van der Waals surface area contributed by atoms with Crippen molar-refractivity contribution in [3.8, 4) is 0 Å². The molecule has 1 aliphatic carbocycles. The maximum atomic E-state index is 12.1. The average molecular weight is 310 g/mol. The van der Waals surface area contributed by atoms with Gasteiger partial charge in [0.25, 0.3) is 0 Å². The molecule has 1 saturated carbocycles. The van der Waals surface area contributed by atoms with E-state index in [2.05, 4.69) is 47.2 Å². The lowest BCUT2D eigenvalue weighted by atomic mass is 10.1. The van der Waals surface area contributed by atoms with E-state index in [1.54, 1.807) is 0 Å². The predicted octanol–water partition coefficient (Wildman–Crippen LogP) is 3.33. The number of alkyl halides is 1. The van der Waals surface area contributed by atoms with Crippen LogP contribution >= 0.6 is 15.9 Å². The molecule has 1 amide bonds. The molecule has 0 spiro atoms. The Morgan fingerprint density at radius 2 is 2.06 bits per heavy atom. The minimum atomic E-state index is 0.178. The Morgan fingerprint density at radius 1 is 1.39 bits per heavy atom. The van der Waals surface area contributed by atoms with Gasteiger partial charge >= 0.3 is 0 Å². The number of hydrogen-bond donors (Lipinski definition) is 1. The Labute approximate surface area is 117 Å². The summed E-state index contributed by atoms with van der Waals surface area (Å²) in [6.07, 6.45) is 0.991. The number of nitrogens with one attached hydrogen (secondary N) is 1. The number of hydrogen-bond acceptors (Lipinski definition) is 1. The molecule has 0 bridgehead atoms. The molecular weight excluding hydrogens is 290 g/mol. The van der Waals surface area contributed by atoms with Crippen molar-refractivity contribution in [1.29, 1.82) is 0 Å². The van der Waals surface area contributed by atoms with E-state index in [0.29, 0.717) is 11.8 Å². The lowest BCUT2D eigenvalue weighted by Gasteiger charge is -2.19. The quantitative estimate of drug-likeness (QED) is 0.831. The average Bonchev–Trinajstić information content (AvgIpc) is 3.19. The zero-order valence-corrected chi connectivity index (χ0v) is 12.5. The van der Waals surface area contributed by atoms with Crippen molar-refractivity contribution in [2.45, 2.75) is 32.2 Å². The predicted molar refractivity (Wildman–Crippen MR) is 77.9 cm³/mol. The highest BCUT2D eigenvalue weighted by Crippen LogP contribution is 2.47. The van der Waals surface area contributed by atoms with Gasteiger partial charge in [-0.3, -0.25) is 4.79 Å². The summed E-state index contributed by atoms with van der Waals surface area (Å²) in [4.78, 5) is 12.1. The molecule has 0 aromatic heterocycles. The van der Waals surface area contributed by atoms with Crippen molar-refractivity contribution in [2.24, 2.45) is 11.8 Å². The maximum Gasteiger partial charge on any atom is 0.223 e. The number of amides is 1. The number of carbonyl (C=O) groups excluding carboxylic acids is 1. The fourth-order valence-corrected chi connectivity index (χ4v) is 2.72. The molecule has 0 aliphatic heterocycles. The topological polar surface area (TPSA) is 29.1 Å². The molecule has 1 aromatic carbocycles. The smallest absolute Gasteiger partial charge is 0.223 e. The van der Waals surface area contributed by atoms with Crippen LogP contribution in [0.3, 0.4) is 0 Å². The molecule has 2 rings (SSSR count). The zero-order chi connectivity index (χ0) is 13.1. The van der Waals surface area contributed by atoms with Gasteiger partial charge in [0.2, 0.25) is 5.91 Å². The van der Waals surface area contributed by atoms with E-state index in [1.165, 1.54) is 5.56 Å². The molecule has 0 heterocycles. The second-order valence-electron chi connectivity index (χ2n) is 5.29. The molecule has 1 N–H and O–H groups in total. The van der Waals surface area contributed by atoms with Crippen LogP contribution in [0.2, 0.25) is 0 Å². The first-order valence-corrected chi connectivity index (χ1v) is 7.67. The van der Waals surface area contributed by atoms with Crippen molar-refractivity contribution >= 4 is 21.8 Å². The van der Waals surface area contributed by atoms with E-state index in [1.807, 2.05) is 18.2 Å². The third-order valence-electron chi connectivity index (χ3n) is 3.82. The summed E-state index contributed by atoms with van der Waals surface area (Å²) in [6.45, 7) is 4.21. The fourth-order valence-electron chi connectivity index (χ4n) is 2.16. The molecule has 4 unspecified atom stereocenters. The summed E-state index contributed by atoms with van der Waals surface area (Å²) in [7, 11) is 0. The van der Waals surface area contributed by atoms with Gasteiger partial charge < -0.3 is 5.32 Å². The highest BCUT2D eigenvalue weighted by Gasteiger charge is 2.44. The fraction of sp³-hybridized carbons (Fsp3) is 0.533. The van der Waals surface area contributed by atoms with Crippen molar-refractivity contribution < 1.29 is 4.79 Å². The van der Waals surface area contributed by atoms with Gasteiger partial charge in [0.1, 0.15) is 0 Å². The summed E-state index contributed by atoms with van der Waals surface area (Å²) >= 11 is 3.46. The number of rotatable bonds is 5. The van der Waals surface area contributed by atoms with Gasteiger partial charge in [0.05, 0.1) is 0 Å². The summed E-state index contributed by atoms with van der Waals surface area (Å²) in [5.41, 5.74) is 1.29. The monoisotopic (exact) mass is 309 g/mol. The van der Waals surface area contributed by atoms with Gasteiger partial charge in [0.15, 0.2) is 0 Å².